The molecule has 4 rings (SSSR count). The van der Waals surface area contributed by atoms with Crippen LogP contribution in [0.15, 0.2) is 66.9 Å². The maximum atomic E-state index is 12.7. The molecule has 8 nitrogen and oxygen atoms in total. The quantitative estimate of drug-likeness (QED) is 0.287. The van der Waals surface area contributed by atoms with Gasteiger partial charge in [-0.25, -0.2) is 9.78 Å². The molecule has 1 aliphatic rings. The van der Waals surface area contributed by atoms with Crippen molar-refractivity contribution in [1.29, 1.82) is 0 Å². The molecule has 0 spiro atoms. The summed E-state index contributed by atoms with van der Waals surface area (Å²) < 4.78 is 17.4. The summed E-state index contributed by atoms with van der Waals surface area (Å²) in [6.07, 6.45) is 3.90. The zero-order valence-electron chi connectivity index (χ0n) is 25.6. The third-order valence-electron chi connectivity index (χ3n) is 7.03. The number of hydrogen-bond donors (Lipinski definition) is 1. The number of benzene rings is 2. The maximum Gasteiger partial charge on any atom is 0.415 e. The number of pyridine rings is 1. The first kappa shape index (κ1) is 30.9. The Hall–Kier alpha value is -4.07. The van der Waals surface area contributed by atoms with Crippen LogP contribution < -0.4 is 19.5 Å². The van der Waals surface area contributed by atoms with Gasteiger partial charge in [0.05, 0.1) is 6.61 Å². The molecule has 1 saturated heterocycles. The smallest absolute Gasteiger partial charge is 0.415 e. The van der Waals surface area contributed by atoms with Crippen LogP contribution in [-0.4, -0.2) is 47.1 Å². The van der Waals surface area contributed by atoms with E-state index in [4.69, 9.17) is 14.2 Å². The molecule has 3 aromatic rings. The first-order valence-corrected chi connectivity index (χ1v) is 14.6. The second-order valence-corrected chi connectivity index (χ2v) is 13.0. The molecule has 0 radical (unpaired) electrons. The molecule has 0 saturated carbocycles. The minimum atomic E-state index is -0.378. The fourth-order valence-electron chi connectivity index (χ4n) is 5.32. The summed E-state index contributed by atoms with van der Waals surface area (Å²) in [5.74, 6) is 2.65. The number of aromatic nitrogens is 1. The number of nitrogens with one attached hydrogen (secondary N) is 1. The van der Waals surface area contributed by atoms with Crippen molar-refractivity contribution < 1.29 is 23.8 Å². The molecule has 1 aliphatic heterocycles. The van der Waals surface area contributed by atoms with Gasteiger partial charge >= 0.3 is 6.09 Å². The van der Waals surface area contributed by atoms with Gasteiger partial charge in [-0.1, -0.05) is 26.8 Å². The minimum Gasteiger partial charge on any atom is -0.493 e. The number of aryl methyl sites for hydroxylation is 1. The van der Waals surface area contributed by atoms with Crippen molar-refractivity contribution in [2.75, 3.05) is 19.7 Å². The maximum absolute atomic E-state index is 12.7. The van der Waals surface area contributed by atoms with Crippen LogP contribution in [0.1, 0.15) is 69.8 Å². The molecule has 0 aliphatic carbocycles. The standard InChI is InChI=1S/C34H43N3O5/c1-24-7-16-30(35-21-24)41-28-14-12-27(13-15-28)40-22-25-17-19-37(20-18-25)32(39)42-29-10-8-26(9-11-29)31(38)36-34(5,6)23-33(2,3)4/h7-16,21,25H,17-20,22-23H2,1-6H3,(H,36,38). The predicted molar refractivity (Wildman–Crippen MR) is 163 cm³/mol. The highest BCUT2D eigenvalue weighted by Gasteiger charge is 2.28. The lowest BCUT2D eigenvalue weighted by Gasteiger charge is -2.33. The van der Waals surface area contributed by atoms with Crippen molar-refractivity contribution in [1.82, 2.24) is 15.2 Å². The van der Waals surface area contributed by atoms with Gasteiger partial charge in [0, 0.05) is 36.5 Å². The average Bonchev–Trinajstić information content (AvgIpc) is 2.93. The third-order valence-corrected chi connectivity index (χ3v) is 7.03. The average molecular weight is 574 g/mol. The van der Waals surface area contributed by atoms with E-state index in [1.165, 1.54) is 0 Å². The second-order valence-electron chi connectivity index (χ2n) is 13.0. The first-order valence-electron chi connectivity index (χ1n) is 14.6. The highest BCUT2D eigenvalue weighted by molar-refractivity contribution is 5.94. The zero-order chi connectivity index (χ0) is 30.3. The molecule has 1 fully saturated rings. The van der Waals surface area contributed by atoms with Crippen molar-refractivity contribution in [3.8, 4) is 23.1 Å². The lowest BCUT2D eigenvalue weighted by Crippen LogP contribution is -2.45. The molecule has 42 heavy (non-hydrogen) atoms. The Morgan fingerprint density at radius 3 is 2.10 bits per heavy atom. The van der Waals surface area contributed by atoms with Crippen LogP contribution >= 0.6 is 0 Å². The van der Waals surface area contributed by atoms with E-state index in [-0.39, 0.29) is 23.0 Å². The van der Waals surface area contributed by atoms with E-state index in [2.05, 4.69) is 31.1 Å². The van der Waals surface area contributed by atoms with E-state index in [1.54, 1.807) is 35.4 Å². The number of hydrogen-bond acceptors (Lipinski definition) is 6. The lowest BCUT2D eigenvalue weighted by atomic mass is 9.81. The summed E-state index contributed by atoms with van der Waals surface area (Å²) in [7, 11) is 0. The monoisotopic (exact) mass is 573 g/mol. The molecule has 0 bridgehead atoms. The number of rotatable bonds is 9. The van der Waals surface area contributed by atoms with Crippen molar-refractivity contribution in [2.45, 2.75) is 66.3 Å². The van der Waals surface area contributed by atoms with Crippen LogP contribution in [0.5, 0.6) is 23.1 Å². The molecular formula is C34H43N3O5. The molecule has 2 aromatic carbocycles. The van der Waals surface area contributed by atoms with Gasteiger partial charge in [-0.05, 0) is 105 Å². The minimum absolute atomic E-state index is 0.0963. The largest absolute Gasteiger partial charge is 0.493 e. The summed E-state index contributed by atoms with van der Waals surface area (Å²) in [5, 5.41) is 3.11. The van der Waals surface area contributed by atoms with Crippen LogP contribution in [0.4, 0.5) is 4.79 Å². The van der Waals surface area contributed by atoms with Crippen molar-refractivity contribution in [3.63, 3.8) is 0 Å². The van der Waals surface area contributed by atoms with Crippen molar-refractivity contribution in [2.24, 2.45) is 11.3 Å². The fraction of sp³-hybridized carbons (Fsp3) is 0.441. The number of piperidine rings is 1. The molecule has 2 heterocycles. The van der Waals surface area contributed by atoms with Gasteiger partial charge in [0.15, 0.2) is 0 Å². The molecule has 8 heteroatoms. The van der Waals surface area contributed by atoms with E-state index >= 15 is 0 Å². The molecule has 1 N–H and O–H groups in total. The number of ether oxygens (including phenoxy) is 3. The normalized spacial score (nSPS) is 14.3. The van der Waals surface area contributed by atoms with Crippen LogP contribution in [-0.2, 0) is 0 Å². The van der Waals surface area contributed by atoms with Gasteiger partial charge < -0.3 is 24.4 Å². The fourth-order valence-corrected chi connectivity index (χ4v) is 5.32. The molecule has 0 unspecified atom stereocenters. The Balaban J connectivity index is 1.18. The van der Waals surface area contributed by atoms with Crippen molar-refractivity contribution in [3.05, 3.63) is 78.0 Å². The summed E-state index contributed by atoms with van der Waals surface area (Å²) in [6.45, 7) is 14.3. The molecule has 224 valence electrons. The number of carbonyl (C=O) groups excluding carboxylic acids is 2. The van der Waals surface area contributed by atoms with Gasteiger partial charge in [0.1, 0.15) is 17.2 Å². The molecule has 0 atom stereocenters. The van der Waals surface area contributed by atoms with Crippen LogP contribution in [0.25, 0.3) is 0 Å². The summed E-state index contributed by atoms with van der Waals surface area (Å²) in [4.78, 5) is 31.5. The summed E-state index contributed by atoms with van der Waals surface area (Å²) in [5.41, 5.74) is 1.37. The SMILES string of the molecule is Cc1ccc(Oc2ccc(OCC3CCN(C(=O)Oc4ccc(C(=O)NC(C)(C)CC(C)(C)C)cc4)CC3)cc2)nc1. The van der Waals surface area contributed by atoms with Gasteiger partial charge in [0.2, 0.25) is 5.88 Å². The van der Waals surface area contributed by atoms with Crippen LogP contribution in [0, 0.1) is 18.3 Å². The lowest BCUT2D eigenvalue weighted by molar-refractivity contribution is 0.0891. The number of carbonyl (C=O) groups is 2. The Kier molecular flexibility index (Phi) is 9.76. The molecule has 1 aromatic heterocycles. The second kappa shape index (κ2) is 13.3. The topological polar surface area (TPSA) is 90.0 Å². The van der Waals surface area contributed by atoms with Gasteiger partial charge in [-0.3, -0.25) is 4.79 Å². The zero-order valence-corrected chi connectivity index (χ0v) is 25.6. The predicted octanol–water partition coefficient (Wildman–Crippen LogP) is 7.42. The van der Waals surface area contributed by atoms with E-state index in [1.807, 2.05) is 57.2 Å². The number of amides is 2. The Labute approximate surface area is 249 Å². The first-order chi connectivity index (χ1) is 19.8. The Morgan fingerprint density at radius 1 is 0.881 bits per heavy atom. The number of nitrogens with zero attached hydrogens (tertiary/aromatic N) is 2. The summed E-state index contributed by atoms with van der Waals surface area (Å²) >= 11 is 0. The van der Waals surface area contributed by atoms with Gasteiger partial charge in [-0.15, -0.1) is 0 Å². The highest BCUT2D eigenvalue weighted by atomic mass is 16.6. The van der Waals surface area contributed by atoms with Gasteiger partial charge in [-0.2, -0.15) is 0 Å². The molecular weight excluding hydrogens is 530 g/mol. The molecule has 2 amide bonds. The highest BCUT2D eigenvalue weighted by Crippen LogP contribution is 2.28. The third kappa shape index (κ3) is 9.50. The van der Waals surface area contributed by atoms with Crippen LogP contribution in [0.2, 0.25) is 0 Å². The van der Waals surface area contributed by atoms with Gasteiger partial charge in [0.25, 0.3) is 5.91 Å². The van der Waals surface area contributed by atoms with E-state index in [9.17, 15) is 9.59 Å². The van der Waals surface area contributed by atoms with E-state index in [0.29, 0.717) is 48.6 Å². The Bertz CT molecular complexity index is 1320. The summed E-state index contributed by atoms with van der Waals surface area (Å²) in [6, 6.07) is 18.0. The van der Waals surface area contributed by atoms with E-state index < -0.39 is 0 Å². The van der Waals surface area contributed by atoms with Crippen LogP contribution in [0.3, 0.4) is 0 Å². The number of likely N-dealkylation sites (tertiary alicyclic amines) is 1. The van der Waals surface area contributed by atoms with Crippen molar-refractivity contribution >= 4 is 12.0 Å². The van der Waals surface area contributed by atoms with E-state index in [0.717, 1.165) is 30.6 Å². The Morgan fingerprint density at radius 2 is 1.50 bits per heavy atom.